The molecule has 0 unspecified atom stereocenters. The molecule has 8 nitrogen and oxygen atoms in total. The van der Waals surface area contributed by atoms with Crippen LogP contribution in [0, 0.1) is 10.1 Å². The standard InChI is InChI=1S/C18H24N4O4/c1-5-12(4)19-10-15(23)16-17(11(2)3)20-21(18(16)24)13-6-8-14(9-7-13)22(25)26/h6-9,11-12,19-20H,5,10H2,1-4H3/p+1/t12-/m0/s1. The van der Waals surface area contributed by atoms with Crippen molar-refractivity contribution in [2.24, 2.45) is 0 Å². The van der Waals surface area contributed by atoms with Gasteiger partial charge in [-0.2, -0.15) is 0 Å². The Morgan fingerprint density at radius 1 is 1.27 bits per heavy atom. The second-order valence-corrected chi connectivity index (χ2v) is 6.72. The van der Waals surface area contributed by atoms with Crippen LogP contribution in [-0.4, -0.2) is 33.1 Å². The number of nitrogens with zero attached hydrogens (tertiary/aromatic N) is 2. The quantitative estimate of drug-likeness (QED) is 0.423. The maximum Gasteiger partial charge on any atom is 0.282 e. The summed E-state index contributed by atoms with van der Waals surface area (Å²) in [4.78, 5) is 35.8. The van der Waals surface area contributed by atoms with Crippen molar-refractivity contribution in [3.05, 3.63) is 56.0 Å². The van der Waals surface area contributed by atoms with Gasteiger partial charge >= 0.3 is 0 Å². The summed E-state index contributed by atoms with van der Waals surface area (Å²) in [6.07, 6.45) is 0.935. The van der Waals surface area contributed by atoms with Crippen LogP contribution < -0.4 is 10.9 Å². The highest BCUT2D eigenvalue weighted by Gasteiger charge is 2.25. The Bertz CT molecular complexity index is 849. The van der Waals surface area contributed by atoms with Crippen molar-refractivity contribution in [3.8, 4) is 5.69 Å². The lowest BCUT2D eigenvalue weighted by Gasteiger charge is -2.08. The molecule has 1 aromatic carbocycles. The van der Waals surface area contributed by atoms with Crippen molar-refractivity contribution in [2.75, 3.05) is 6.54 Å². The second-order valence-electron chi connectivity index (χ2n) is 6.72. The molecule has 2 aromatic rings. The zero-order valence-electron chi connectivity index (χ0n) is 15.5. The van der Waals surface area contributed by atoms with E-state index in [0.29, 0.717) is 17.4 Å². The Labute approximate surface area is 151 Å². The van der Waals surface area contributed by atoms with Crippen LogP contribution in [0.2, 0.25) is 0 Å². The molecule has 1 heterocycles. The summed E-state index contributed by atoms with van der Waals surface area (Å²) in [5.74, 6) is -0.250. The van der Waals surface area contributed by atoms with Crippen LogP contribution in [0.4, 0.5) is 5.69 Å². The van der Waals surface area contributed by atoms with Crippen molar-refractivity contribution < 1.29 is 15.0 Å². The minimum absolute atomic E-state index is 0.0375. The average molecular weight is 361 g/mol. The second kappa shape index (κ2) is 8.09. The molecule has 0 spiro atoms. The van der Waals surface area contributed by atoms with Gasteiger partial charge in [0.05, 0.1) is 22.3 Å². The number of carbonyl (C=O) groups excluding carboxylic acids is 1. The molecule has 1 atom stereocenters. The van der Waals surface area contributed by atoms with E-state index < -0.39 is 10.5 Å². The first kappa shape index (κ1) is 19.6. The summed E-state index contributed by atoms with van der Waals surface area (Å²) >= 11 is 0. The topological polar surface area (TPSA) is 115 Å². The first-order chi connectivity index (χ1) is 12.3. The van der Waals surface area contributed by atoms with Crippen LogP contribution in [0.3, 0.4) is 0 Å². The van der Waals surface area contributed by atoms with Crippen LogP contribution in [0.15, 0.2) is 29.1 Å². The van der Waals surface area contributed by atoms with Gasteiger partial charge < -0.3 is 5.32 Å². The number of aromatic nitrogens is 2. The van der Waals surface area contributed by atoms with Gasteiger partial charge in [0.1, 0.15) is 12.1 Å². The van der Waals surface area contributed by atoms with Gasteiger partial charge in [-0.15, -0.1) is 0 Å². The van der Waals surface area contributed by atoms with E-state index in [-0.39, 0.29) is 29.5 Å². The average Bonchev–Trinajstić information content (AvgIpc) is 2.97. The summed E-state index contributed by atoms with van der Waals surface area (Å²) < 4.78 is 1.27. The minimum Gasteiger partial charge on any atom is -0.338 e. The van der Waals surface area contributed by atoms with Crippen molar-refractivity contribution in [1.82, 2.24) is 9.78 Å². The van der Waals surface area contributed by atoms with Crippen LogP contribution in [0.1, 0.15) is 56.1 Å². The van der Waals surface area contributed by atoms with Gasteiger partial charge in [-0.1, -0.05) is 20.8 Å². The Kier molecular flexibility index (Phi) is 6.10. The first-order valence-electron chi connectivity index (χ1n) is 8.72. The van der Waals surface area contributed by atoms with E-state index in [9.17, 15) is 19.7 Å². The lowest BCUT2D eigenvalue weighted by Crippen LogP contribution is -2.90. The number of Topliss-reactive ketones (excluding diaryl/α,β-unsaturated/α-hetero) is 1. The molecule has 8 heteroatoms. The molecule has 1 aromatic heterocycles. The molecule has 0 aliphatic carbocycles. The van der Waals surface area contributed by atoms with Gasteiger partial charge in [0.25, 0.3) is 11.2 Å². The van der Waals surface area contributed by atoms with Gasteiger partial charge in [-0.25, -0.2) is 4.68 Å². The highest BCUT2D eigenvalue weighted by atomic mass is 16.6. The number of nitro benzene ring substituents is 1. The van der Waals surface area contributed by atoms with Crippen LogP contribution in [0.25, 0.3) is 5.69 Å². The predicted molar refractivity (Wildman–Crippen MR) is 98.0 cm³/mol. The summed E-state index contributed by atoms with van der Waals surface area (Å²) in [7, 11) is 0. The van der Waals surface area contributed by atoms with E-state index in [0.717, 1.165) is 6.42 Å². The van der Waals surface area contributed by atoms with Crippen molar-refractivity contribution >= 4 is 11.5 Å². The van der Waals surface area contributed by atoms with E-state index in [2.05, 4.69) is 5.10 Å². The van der Waals surface area contributed by atoms with E-state index in [1.165, 1.54) is 28.9 Å². The zero-order chi connectivity index (χ0) is 19.4. The van der Waals surface area contributed by atoms with E-state index in [1.54, 1.807) is 0 Å². The number of nitro groups is 1. The fourth-order valence-corrected chi connectivity index (χ4v) is 2.62. The van der Waals surface area contributed by atoms with Crippen molar-refractivity contribution in [1.29, 1.82) is 0 Å². The fourth-order valence-electron chi connectivity index (χ4n) is 2.62. The van der Waals surface area contributed by atoms with Crippen LogP contribution >= 0.6 is 0 Å². The monoisotopic (exact) mass is 361 g/mol. The first-order valence-corrected chi connectivity index (χ1v) is 8.72. The van der Waals surface area contributed by atoms with Crippen molar-refractivity contribution in [2.45, 2.75) is 46.1 Å². The number of hydrogen-bond acceptors (Lipinski definition) is 4. The highest BCUT2D eigenvalue weighted by molar-refractivity contribution is 5.97. The molecule has 0 saturated heterocycles. The molecule has 140 valence electrons. The smallest absolute Gasteiger partial charge is 0.282 e. The summed E-state index contributed by atoms with van der Waals surface area (Å²) in [5, 5.41) is 15.7. The summed E-state index contributed by atoms with van der Waals surface area (Å²) in [6.45, 7) is 8.09. The van der Waals surface area contributed by atoms with E-state index >= 15 is 0 Å². The van der Waals surface area contributed by atoms with E-state index in [4.69, 9.17) is 0 Å². The van der Waals surface area contributed by atoms with Gasteiger partial charge in [0, 0.05) is 12.1 Å². The Hall–Kier alpha value is -2.74. The number of benzene rings is 1. The predicted octanol–water partition coefficient (Wildman–Crippen LogP) is 1.74. The number of carbonyl (C=O) groups is 1. The lowest BCUT2D eigenvalue weighted by atomic mass is 10.0. The summed E-state index contributed by atoms with van der Waals surface area (Å²) in [5.41, 5.74) is 0.711. The third-order valence-electron chi connectivity index (χ3n) is 4.44. The maximum atomic E-state index is 12.8. The van der Waals surface area contributed by atoms with Crippen molar-refractivity contribution in [3.63, 3.8) is 0 Å². The molecule has 0 bridgehead atoms. The molecule has 26 heavy (non-hydrogen) atoms. The van der Waals surface area contributed by atoms with Gasteiger partial charge in [-0.3, -0.25) is 24.8 Å². The normalized spacial score (nSPS) is 12.3. The van der Waals surface area contributed by atoms with Gasteiger partial charge in [0.2, 0.25) is 5.78 Å². The minimum atomic E-state index is -0.500. The Morgan fingerprint density at radius 2 is 1.88 bits per heavy atom. The Balaban J connectivity index is 2.42. The van der Waals surface area contributed by atoms with Gasteiger partial charge in [0.15, 0.2) is 0 Å². The number of nitrogens with two attached hydrogens (primary N) is 1. The maximum absolute atomic E-state index is 12.8. The number of rotatable bonds is 8. The number of H-pyrrole nitrogens is 1. The van der Waals surface area contributed by atoms with Crippen LogP contribution in [0.5, 0.6) is 0 Å². The SMILES string of the molecule is CC[C@H](C)[NH2+]CC(=O)c1c(C(C)C)[nH]n(-c2ccc([N+](=O)[O-])cc2)c1=O. The molecule has 0 saturated carbocycles. The molecule has 0 amide bonds. The molecule has 0 aliphatic rings. The summed E-state index contributed by atoms with van der Waals surface area (Å²) in [6, 6.07) is 5.93. The fraction of sp³-hybridized carbons (Fsp3) is 0.444. The zero-order valence-corrected chi connectivity index (χ0v) is 15.5. The molecular weight excluding hydrogens is 336 g/mol. The number of quaternary nitrogens is 1. The molecule has 0 aliphatic heterocycles. The third kappa shape index (κ3) is 4.08. The largest absolute Gasteiger partial charge is 0.338 e. The Morgan fingerprint density at radius 3 is 2.38 bits per heavy atom. The molecule has 2 rings (SSSR count). The number of ketones is 1. The third-order valence-corrected chi connectivity index (χ3v) is 4.44. The van der Waals surface area contributed by atoms with Crippen LogP contribution in [-0.2, 0) is 0 Å². The number of nitrogens with one attached hydrogen (secondary N) is 1. The number of hydrogen-bond donors (Lipinski definition) is 2. The number of aromatic amines is 1. The molecule has 0 fully saturated rings. The lowest BCUT2D eigenvalue weighted by molar-refractivity contribution is -0.675. The molecule has 3 N–H and O–H groups in total. The van der Waals surface area contributed by atoms with Gasteiger partial charge in [-0.05, 0) is 31.4 Å². The molecule has 0 radical (unpaired) electrons. The van der Waals surface area contributed by atoms with E-state index in [1.807, 2.05) is 33.0 Å². The highest BCUT2D eigenvalue weighted by Crippen LogP contribution is 2.18. The molecular formula is C18H25N4O4+. The number of non-ortho nitro benzene ring substituents is 1.